The fraction of sp³-hybridized carbons (Fsp3) is 0.154. The van der Waals surface area contributed by atoms with Gasteiger partial charge in [0, 0.05) is 20.9 Å². The SMILES string of the molecule is NC(=O)C(NCc1cccs1)c1cc(Cl)ccc1Br. The maximum absolute atomic E-state index is 11.6. The van der Waals surface area contributed by atoms with Gasteiger partial charge in [0.25, 0.3) is 0 Å². The van der Waals surface area contributed by atoms with Gasteiger partial charge in [0.05, 0.1) is 0 Å². The molecule has 2 rings (SSSR count). The Hall–Kier alpha value is -0.880. The molecule has 0 aliphatic rings. The van der Waals surface area contributed by atoms with E-state index >= 15 is 0 Å². The summed E-state index contributed by atoms with van der Waals surface area (Å²) >= 11 is 11.0. The summed E-state index contributed by atoms with van der Waals surface area (Å²) in [6.45, 7) is 0.588. The minimum atomic E-state index is -0.574. The summed E-state index contributed by atoms with van der Waals surface area (Å²) in [5.41, 5.74) is 6.21. The van der Waals surface area contributed by atoms with Crippen molar-refractivity contribution in [2.24, 2.45) is 5.73 Å². The number of carbonyl (C=O) groups is 1. The molecule has 0 saturated heterocycles. The van der Waals surface area contributed by atoms with Crippen molar-refractivity contribution >= 4 is 44.8 Å². The number of carbonyl (C=O) groups excluding carboxylic acids is 1. The zero-order chi connectivity index (χ0) is 13.8. The van der Waals surface area contributed by atoms with Crippen LogP contribution in [-0.2, 0) is 11.3 Å². The van der Waals surface area contributed by atoms with E-state index in [9.17, 15) is 4.79 Å². The first-order valence-corrected chi connectivity index (χ1v) is 7.63. The maximum atomic E-state index is 11.6. The molecule has 2 aromatic rings. The first-order chi connectivity index (χ1) is 9.08. The highest BCUT2D eigenvalue weighted by molar-refractivity contribution is 9.10. The number of nitrogens with one attached hydrogen (secondary N) is 1. The van der Waals surface area contributed by atoms with Gasteiger partial charge in [-0.05, 0) is 35.2 Å². The second-order valence-electron chi connectivity index (χ2n) is 3.96. The highest BCUT2D eigenvalue weighted by Crippen LogP contribution is 2.27. The van der Waals surface area contributed by atoms with Gasteiger partial charge >= 0.3 is 0 Å². The molecule has 0 radical (unpaired) electrons. The third kappa shape index (κ3) is 3.79. The van der Waals surface area contributed by atoms with Crippen molar-refractivity contribution in [3.8, 4) is 0 Å². The van der Waals surface area contributed by atoms with Crippen LogP contribution >= 0.6 is 38.9 Å². The molecule has 6 heteroatoms. The number of rotatable bonds is 5. The van der Waals surface area contributed by atoms with Crippen molar-refractivity contribution in [2.75, 3.05) is 0 Å². The number of primary amides is 1. The predicted molar refractivity (Wildman–Crippen MR) is 82.2 cm³/mol. The van der Waals surface area contributed by atoms with Gasteiger partial charge in [-0.25, -0.2) is 0 Å². The molecule has 1 aromatic carbocycles. The van der Waals surface area contributed by atoms with E-state index in [4.69, 9.17) is 17.3 Å². The number of hydrogen-bond donors (Lipinski definition) is 2. The van der Waals surface area contributed by atoms with E-state index < -0.39 is 11.9 Å². The van der Waals surface area contributed by atoms with Crippen molar-refractivity contribution in [3.05, 3.63) is 55.6 Å². The van der Waals surface area contributed by atoms with E-state index in [0.717, 1.165) is 14.9 Å². The molecule has 100 valence electrons. The lowest BCUT2D eigenvalue weighted by molar-refractivity contribution is -0.120. The number of nitrogens with two attached hydrogens (primary N) is 1. The van der Waals surface area contributed by atoms with E-state index in [1.807, 2.05) is 17.5 Å². The second kappa shape index (κ2) is 6.52. The second-order valence-corrected chi connectivity index (χ2v) is 6.28. The fourth-order valence-corrected chi connectivity index (χ4v) is 3.03. The van der Waals surface area contributed by atoms with Gasteiger partial charge in [-0.3, -0.25) is 10.1 Å². The predicted octanol–water partition coefficient (Wildman–Crippen LogP) is 3.48. The van der Waals surface area contributed by atoms with Crippen molar-refractivity contribution in [1.29, 1.82) is 0 Å². The molecular weight excluding hydrogens is 348 g/mol. The van der Waals surface area contributed by atoms with Crippen molar-refractivity contribution < 1.29 is 4.79 Å². The third-order valence-electron chi connectivity index (χ3n) is 2.61. The molecule has 0 saturated carbocycles. The van der Waals surface area contributed by atoms with Crippen molar-refractivity contribution in [1.82, 2.24) is 5.32 Å². The van der Waals surface area contributed by atoms with Gasteiger partial charge in [-0.15, -0.1) is 11.3 Å². The van der Waals surface area contributed by atoms with Gasteiger partial charge in [-0.1, -0.05) is 33.6 Å². The van der Waals surface area contributed by atoms with Crippen molar-refractivity contribution in [2.45, 2.75) is 12.6 Å². The molecule has 1 atom stereocenters. The number of hydrogen-bond acceptors (Lipinski definition) is 3. The standard InChI is InChI=1S/C13H12BrClN2OS/c14-11-4-3-8(15)6-10(11)12(13(16)18)17-7-9-2-1-5-19-9/h1-6,12,17H,7H2,(H2,16,18). The molecule has 1 aromatic heterocycles. The Morgan fingerprint density at radius 2 is 2.26 bits per heavy atom. The number of benzene rings is 1. The van der Waals surface area contributed by atoms with E-state index in [2.05, 4.69) is 21.2 Å². The molecule has 3 nitrogen and oxygen atoms in total. The van der Waals surface area contributed by atoms with E-state index in [1.165, 1.54) is 0 Å². The number of thiophene rings is 1. The van der Waals surface area contributed by atoms with Crippen LogP contribution in [-0.4, -0.2) is 5.91 Å². The van der Waals surface area contributed by atoms with Crippen LogP contribution in [0.5, 0.6) is 0 Å². The summed E-state index contributed by atoms with van der Waals surface area (Å²) in [6.07, 6.45) is 0. The molecule has 0 fully saturated rings. The Morgan fingerprint density at radius 3 is 2.89 bits per heavy atom. The van der Waals surface area contributed by atoms with Crippen LogP contribution in [0.25, 0.3) is 0 Å². The molecule has 1 amide bonds. The summed E-state index contributed by atoms with van der Waals surface area (Å²) < 4.78 is 0.805. The van der Waals surface area contributed by atoms with Crippen LogP contribution in [0.15, 0.2) is 40.2 Å². The van der Waals surface area contributed by atoms with Crippen LogP contribution in [0.1, 0.15) is 16.5 Å². The van der Waals surface area contributed by atoms with E-state index in [-0.39, 0.29) is 0 Å². The molecule has 0 spiro atoms. The molecule has 0 aliphatic heterocycles. The quantitative estimate of drug-likeness (QED) is 0.858. The van der Waals surface area contributed by atoms with Crippen LogP contribution in [0.3, 0.4) is 0 Å². The first-order valence-electron chi connectivity index (χ1n) is 5.58. The normalized spacial score (nSPS) is 12.3. The van der Waals surface area contributed by atoms with Gasteiger partial charge in [-0.2, -0.15) is 0 Å². The third-order valence-corrected chi connectivity index (χ3v) is 4.45. The van der Waals surface area contributed by atoms with Crippen molar-refractivity contribution in [3.63, 3.8) is 0 Å². The topological polar surface area (TPSA) is 55.1 Å². The van der Waals surface area contributed by atoms with Crippen LogP contribution in [0.4, 0.5) is 0 Å². The van der Waals surface area contributed by atoms with E-state index in [0.29, 0.717) is 11.6 Å². The van der Waals surface area contributed by atoms with Crippen LogP contribution in [0.2, 0.25) is 5.02 Å². The summed E-state index contributed by atoms with van der Waals surface area (Å²) in [6, 6.07) is 8.70. The lowest BCUT2D eigenvalue weighted by atomic mass is 10.1. The van der Waals surface area contributed by atoms with Gasteiger partial charge in [0.1, 0.15) is 6.04 Å². The zero-order valence-corrected chi connectivity index (χ0v) is 13.1. The van der Waals surface area contributed by atoms with Gasteiger partial charge < -0.3 is 5.73 Å². The Kier molecular flexibility index (Phi) is 4.99. The molecule has 3 N–H and O–H groups in total. The summed E-state index contributed by atoms with van der Waals surface area (Å²) in [7, 11) is 0. The van der Waals surface area contributed by atoms with Crippen LogP contribution in [0, 0.1) is 0 Å². The molecule has 0 aliphatic carbocycles. The molecule has 19 heavy (non-hydrogen) atoms. The van der Waals surface area contributed by atoms with E-state index in [1.54, 1.807) is 29.5 Å². The first kappa shape index (κ1) is 14.5. The molecule has 1 unspecified atom stereocenters. The largest absolute Gasteiger partial charge is 0.368 e. The minimum Gasteiger partial charge on any atom is -0.368 e. The minimum absolute atomic E-state index is 0.431. The average Bonchev–Trinajstić information content (AvgIpc) is 2.86. The maximum Gasteiger partial charge on any atom is 0.239 e. The lowest BCUT2D eigenvalue weighted by Crippen LogP contribution is -2.33. The van der Waals surface area contributed by atoms with Crippen LogP contribution < -0.4 is 11.1 Å². The molecular formula is C13H12BrClN2OS. The number of halogens is 2. The smallest absolute Gasteiger partial charge is 0.239 e. The monoisotopic (exact) mass is 358 g/mol. The highest BCUT2D eigenvalue weighted by Gasteiger charge is 2.20. The average molecular weight is 360 g/mol. The molecule has 1 heterocycles. The Labute approximate surface area is 128 Å². The highest BCUT2D eigenvalue weighted by atomic mass is 79.9. The fourth-order valence-electron chi connectivity index (χ4n) is 1.72. The Balaban J connectivity index is 2.20. The summed E-state index contributed by atoms with van der Waals surface area (Å²) in [5.74, 6) is -0.431. The molecule has 0 bridgehead atoms. The summed E-state index contributed by atoms with van der Waals surface area (Å²) in [5, 5.41) is 5.72. The van der Waals surface area contributed by atoms with Gasteiger partial charge in [0.15, 0.2) is 0 Å². The Bertz CT molecular complexity index is 574. The lowest BCUT2D eigenvalue weighted by Gasteiger charge is -2.17. The summed E-state index contributed by atoms with van der Waals surface area (Å²) in [4.78, 5) is 12.8. The van der Waals surface area contributed by atoms with Gasteiger partial charge in [0.2, 0.25) is 5.91 Å². The number of amides is 1. The Morgan fingerprint density at radius 1 is 1.47 bits per heavy atom. The zero-order valence-electron chi connectivity index (χ0n) is 9.90.